The second kappa shape index (κ2) is 7.76. The van der Waals surface area contributed by atoms with E-state index in [1.165, 1.54) is 45.4 Å². The second-order valence-corrected chi connectivity index (χ2v) is 7.26. The molecule has 0 N–H and O–H groups in total. The van der Waals surface area contributed by atoms with E-state index in [4.69, 9.17) is 0 Å². The van der Waals surface area contributed by atoms with Gasteiger partial charge >= 0.3 is 6.61 Å². The van der Waals surface area contributed by atoms with Crippen molar-refractivity contribution in [3.63, 3.8) is 0 Å². The molecule has 0 spiro atoms. The van der Waals surface area contributed by atoms with Crippen molar-refractivity contribution in [3.05, 3.63) is 71.8 Å². The molecule has 0 aliphatic heterocycles. The average Bonchev–Trinajstić information content (AvgIpc) is 3.22. The summed E-state index contributed by atoms with van der Waals surface area (Å²) in [6.07, 6.45) is 3.08. The maximum Gasteiger partial charge on any atom is 0.387 e. The molecule has 134 valence electrons. The minimum Gasteiger partial charge on any atom is -0.435 e. The number of ether oxygens (including phenoxy) is 1. The van der Waals surface area contributed by atoms with Gasteiger partial charge in [-0.15, -0.1) is 22.7 Å². The fourth-order valence-corrected chi connectivity index (χ4v) is 3.87. The summed E-state index contributed by atoms with van der Waals surface area (Å²) in [5.41, 5.74) is 0.440. The van der Waals surface area contributed by atoms with Crippen molar-refractivity contribution in [2.45, 2.75) is 6.61 Å². The number of carbonyl (C=O) groups excluding carboxylic acids is 1. The van der Waals surface area contributed by atoms with Crippen molar-refractivity contribution in [1.82, 2.24) is 4.57 Å². The smallest absolute Gasteiger partial charge is 0.387 e. The van der Waals surface area contributed by atoms with Crippen LogP contribution in [-0.4, -0.2) is 17.0 Å². The first-order valence-corrected chi connectivity index (χ1v) is 9.15. The van der Waals surface area contributed by atoms with Crippen LogP contribution in [0.2, 0.25) is 0 Å². The molecule has 2 aromatic heterocycles. The SMILES string of the molecule is Cn1c(=O)/c(=C\c2ccc(OC(F)F)cc2)s/c1=C\C(=O)c1cccs1. The van der Waals surface area contributed by atoms with Crippen molar-refractivity contribution >= 4 is 40.6 Å². The Morgan fingerprint density at radius 1 is 1.23 bits per heavy atom. The maximum absolute atomic E-state index is 12.4. The summed E-state index contributed by atoms with van der Waals surface area (Å²) >= 11 is 2.53. The van der Waals surface area contributed by atoms with Crippen LogP contribution in [0.1, 0.15) is 15.2 Å². The molecule has 0 fully saturated rings. The highest BCUT2D eigenvalue weighted by atomic mass is 32.1. The predicted octanol–water partition coefficient (Wildman–Crippen LogP) is 2.60. The van der Waals surface area contributed by atoms with Gasteiger partial charge in [-0.05, 0) is 35.2 Å². The number of benzene rings is 1. The fraction of sp³-hybridized carbons (Fsp3) is 0.111. The highest BCUT2D eigenvalue weighted by Gasteiger charge is 2.07. The van der Waals surface area contributed by atoms with E-state index in [9.17, 15) is 18.4 Å². The van der Waals surface area contributed by atoms with E-state index < -0.39 is 6.61 Å². The highest BCUT2D eigenvalue weighted by Crippen LogP contribution is 2.15. The Bertz CT molecular complexity index is 1080. The van der Waals surface area contributed by atoms with Crippen LogP contribution in [0.25, 0.3) is 12.2 Å². The summed E-state index contributed by atoms with van der Waals surface area (Å²) in [7, 11) is 1.60. The molecular formula is C18H13F2NO3S2. The summed E-state index contributed by atoms with van der Waals surface area (Å²) in [6.45, 7) is -2.88. The van der Waals surface area contributed by atoms with Crippen LogP contribution < -0.4 is 19.5 Å². The first kappa shape index (κ1) is 18.2. The van der Waals surface area contributed by atoms with Crippen molar-refractivity contribution in [2.75, 3.05) is 0 Å². The van der Waals surface area contributed by atoms with E-state index in [1.54, 1.807) is 37.4 Å². The van der Waals surface area contributed by atoms with Crippen LogP contribution in [0.5, 0.6) is 5.75 Å². The van der Waals surface area contributed by atoms with Crippen molar-refractivity contribution in [3.8, 4) is 5.75 Å². The highest BCUT2D eigenvalue weighted by molar-refractivity contribution is 7.12. The lowest BCUT2D eigenvalue weighted by molar-refractivity contribution is -0.0498. The first-order valence-electron chi connectivity index (χ1n) is 7.46. The average molecular weight is 393 g/mol. The lowest BCUT2D eigenvalue weighted by atomic mass is 10.2. The van der Waals surface area contributed by atoms with E-state index >= 15 is 0 Å². The van der Waals surface area contributed by atoms with Crippen LogP contribution in [-0.2, 0) is 7.05 Å². The quantitative estimate of drug-likeness (QED) is 0.626. The van der Waals surface area contributed by atoms with E-state index in [-0.39, 0.29) is 17.1 Å². The number of rotatable bonds is 5. The summed E-state index contributed by atoms with van der Waals surface area (Å²) < 4.78 is 31.0. The monoisotopic (exact) mass is 393 g/mol. The van der Waals surface area contributed by atoms with Crippen LogP contribution in [0.4, 0.5) is 8.78 Å². The molecule has 0 amide bonds. The predicted molar refractivity (Wildman–Crippen MR) is 98.6 cm³/mol. The molecule has 3 aromatic rings. The third-order valence-corrected chi connectivity index (χ3v) is 5.48. The number of halogens is 2. The lowest BCUT2D eigenvalue weighted by Gasteiger charge is -2.03. The minimum atomic E-state index is -2.88. The largest absolute Gasteiger partial charge is 0.435 e. The molecule has 0 saturated carbocycles. The third kappa shape index (κ3) is 4.14. The Morgan fingerprint density at radius 2 is 1.96 bits per heavy atom. The molecule has 3 rings (SSSR count). The van der Waals surface area contributed by atoms with Gasteiger partial charge in [-0.25, -0.2) is 0 Å². The normalized spacial score (nSPS) is 12.8. The van der Waals surface area contributed by atoms with Crippen LogP contribution >= 0.6 is 22.7 Å². The zero-order chi connectivity index (χ0) is 18.7. The Balaban J connectivity index is 1.95. The van der Waals surface area contributed by atoms with Crippen molar-refractivity contribution in [2.24, 2.45) is 7.05 Å². The van der Waals surface area contributed by atoms with Gasteiger partial charge in [-0.3, -0.25) is 9.59 Å². The summed E-state index contributed by atoms with van der Waals surface area (Å²) in [6, 6.07) is 9.49. The molecule has 0 bridgehead atoms. The van der Waals surface area contributed by atoms with Gasteiger partial charge in [0.05, 0.1) is 9.41 Å². The van der Waals surface area contributed by atoms with Crippen molar-refractivity contribution < 1.29 is 18.3 Å². The molecular weight excluding hydrogens is 380 g/mol. The summed E-state index contributed by atoms with van der Waals surface area (Å²) in [5.74, 6) is -0.108. The van der Waals surface area contributed by atoms with Gasteiger partial charge in [0.2, 0.25) is 0 Å². The third-order valence-electron chi connectivity index (χ3n) is 3.48. The standard InChI is InChI=1S/C18H13F2NO3S2/c1-21-16(10-13(22)14-3-2-8-25-14)26-15(17(21)23)9-11-4-6-12(7-5-11)24-18(19)20/h2-10,18H,1H3/b15-9+,16-10-. The van der Waals surface area contributed by atoms with Crippen LogP contribution in [0.3, 0.4) is 0 Å². The van der Waals surface area contributed by atoms with Crippen molar-refractivity contribution in [1.29, 1.82) is 0 Å². The number of thiophene rings is 1. The Kier molecular flexibility index (Phi) is 5.43. The van der Waals surface area contributed by atoms with Crippen LogP contribution in [0, 0.1) is 0 Å². The number of hydrogen-bond acceptors (Lipinski definition) is 5. The Hall–Kier alpha value is -2.58. The number of aromatic nitrogens is 1. The molecule has 2 heterocycles. The molecule has 0 unspecified atom stereocenters. The molecule has 0 aliphatic carbocycles. The molecule has 0 radical (unpaired) electrons. The van der Waals surface area contributed by atoms with Gasteiger partial charge in [0.1, 0.15) is 10.4 Å². The van der Waals surface area contributed by atoms with Gasteiger partial charge < -0.3 is 9.30 Å². The Morgan fingerprint density at radius 3 is 2.58 bits per heavy atom. The number of alkyl halides is 2. The molecule has 0 aliphatic rings. The molecule has 8 heteroatoms. The molecule has 0 atom stereocenters. The number of hydrogen-bond donors (Lipinski definition) is 0. The zero-order valence-corrected chi connectivity index (χ0v) is 15.2. The number of ketones is 1. The van der Waals surface area contributed by atoms with Gasteiger partial charge in [-0.2, -0.15) is 8.78 Å². The van der Waals surface area contributed by atoms with Gasteiger partial charge in [0.25, 0.3) is 5.56 Å². The number of carbonyl (C=O) groups is 1. The Labute approximate surface area is 154 Å². The van der Waals surface area contributed by atoms with E-state index in [0.29, 0.717) is 19.6 Å². The van der Waals surface area contributed by atoms with E-state index in [1.807, 2.05) is 5.38 Å². The number of thiazole rings is 1. The molecule has 0 saturated heterocycles. The first-order chi connectivity index (χ1) is 12.4. The molecule has 1 aromatic carbocycles. The van der Waals surface area contributed by atoms with E-state index in [0.717, 1.165) is 0 Å². The number of Topliss-reactive ketones (excluding diaryl/α,β-unsaturated/α-hetero) is 1. The lowest BCUT2D eigenvalue weighted by Crippen LogP contribution is -2.29. The molecule has 4 nitrogen and oxygen atoms in total. The topological polar surface area (TPSA) is 48.3 Å². The van der Waals surface area contributed by atoms with Gasteiger partial charge in [0, 0.05) is 13.1 Å². The molecule has 26 heavy (non-hydrogen) atoms. The van der Waals surface area contributed by atoms with Gasteiger partial charge in [0.15, 0.2) is 5.78 Å². The van der Waals surface area contributed by atoms with E-state index in [2.05, 4.69) is 4.74 Å². The maximum atomic E-state index is 12.4. The second-order valence-electron chi connectivity index (χ2n) is 5.25. The zero-order valence-electron chi connectivity index (χ0n) is 13.5. The summed E-state index contributed by atoms with van der Waals surface area (Å²) in [5, 5.41) is 1.81. The summed E-state index contributed by atoms with van der Waals surface area (Å²) in [4.78, 5) is 25.2. The van der Waals surface area contributed by atoms with Crippen LogP contribution in [0.15, 0.2) is 46.6 Å². The minimum absolute atomic E-state index is 0.0480. The number of nitrogens with zero attached hydrogens (tertiary/aromatic N) is 1. The van der Waals surface area contributed by atoms with Gasteiger partial charge in [-0.1, -0.05) is 18.2 Å². The fourth-order valence-electron chi connectivity index (χ4n) is 2.21.